The van der Waals surface area contributed by atoms with Gasteiger partial charge in [0.1, 0.15) is 18.1 Å². The molecule has 0 radical (unpaired) electrons. The summed E-state index contributed by atoms with van der Waals surface area (Å²) in [6.45, 7) is 1.50. The fraction of sp³-hybridized carbons (Fsp3) is 0.680. The zero-order valence-electron chi connectivity index (χ0n) is 19.2. The molecule has 1 aromatic rings. The number of benzene rings is 1. The van der Waals surface area contributed by atoms with Crippen molar-refractivity contribution in [1.82, 2.24) is 15.1 Å². The molecule has 3 fully saturated rings. The summed E-state index contributed by atoms with van der Waals surface area (Å²) in [5, 5.41) is 3.01. The molecule has 0 aromatic heterocycles. The van der Waals surface area contributed by atoms with Gasteiger partial charge in [0.05, 0.1) is 5.54 Å². The van der Waals surface area contributed by atoms with Crippen LogP contribution < -0.4 is 10.1 Å². The van der Waals surface area contributed by atoms with Gasteiger partial charge in [-0.15, -0.1) is 0 Å². The molecular weight excluding hydrogens is 409 g/mol. The van der Waals surface area contributed by atoms with Crippen molar-refractivity contribution in [3.05, 3.63) is 30.1 Å². The number of halogens is 1. The number of likely N-dealkylation sites (tertiary alicyclic amines) is 1. The van der Waals surface area contributed by atoms with Crippen LogP contribution in [0.3, 0.4) is 0 Å². The van der Waals surface area contributed by atoms with Gasteiger partial charge in [-0.3, -0.25) is 9.59 Å². The SMILES string of the molecule is CN(CCNC(=O)CN1C(=O)C(Oc2ccc(F)cc2)C12CCCCC2)C1CCCCC1. The Hall–Kier alpha value is -2.15. The van der Waals surface area contributed by atoms with Crippen molar-refractivity contribution in [3.8, 4) is 5.75 Å². The van der Waals surface area contributed by atoms with Gasteiger partial charge in [-0.2, -0.15) is 0 Å². The molecule has 7 heteroatoms. The van der Waals surface area contributed by atoms with E-state index in [2.05, 4.69) is 17.3 Å². The predicted octanol–water partition coefficient (Wildman–Crippen LogP) is 3.50. The number of nitrogens with zero attached hydrogens (tertiary/aromatic N) is 2. The van der Waals surface area contributed by atoms with Gasteiger partial charge in [-0.1, -0.05) is 38.5 Å². The first-order valence-corrected chi connectivity index (χ1v) is 12.2. The molecule has 0 bridgehead atoms. The summed E-state index contributed by atoms with van der Waals surface area (Å²) < 4.78 is 19.2. The molecule has 3 aliphatic rings. The van der Waals surface area contributed by atoms with Crippen molar-refractivity contribution in [2.24, 2.45) is 0 Å². The van der Waals surface area contributed by atoms with Crippen molar-refractivity contribution in [3.63, 3.8) is 0 Å². The Morgan fingerprint density at radius 1 is 1.12 bits per heavy atom. The number of carbonyl (C=O) groups is 2. The monoisotopic (exact) mass is 445 g/mol. The fourth-order valence-electron chi connectivity index (χ4n) is 5.68. The Kier molecular flexibility index (Phi) is 7.33. The van der Waals surface area contributed by atoms with Crippen LogP contribution in [0.25, 0.3) is 0 Å². The lowest BCUT2D eigenvalue weighted by Crippen LogP contribution is -2.77. The number of amides is 2. The van der Waals surface area contributed by atoms with Gasteiger partial charge in [0.15, 0.2) is 6.10 Å². The lowest BCUT2D eigenvalue weighted by Gasteiger charge is -2.58. The molecule has 1 unspecified atom stereocenters. The van der Waals surface area contributed by atoms with Crippen molar-refractivity contribution in [1.29, 1.82) is 0 Å². The van der Waals surface area contributed by atoms with E-state index in [1.54, 1.807) is 17.0 Å². The van der Waals surface area contributed by atoms with Gasteiger partial charge < -0.3 is 19.9 Å². The first-order chi connectivity index (χ1) is 15.5. The van der Waals surface area contributed by atoms with Crippen LogP contribution in [-0.2, 0) is 9.59 Å². The molecule has 2 aliphatic carbocycles. The topological polar surface area (TPSA) is 61.9 Å². The van der Waals surface area contributed by atoms with E-state index in [1.165, 1.54) is 44.2 Å². The number of nitrogens with one attached hydrogen (secondary N) is 1. The molecule has 1 heterocycles. The van der Waals surface area contributed by atoms with E-state index < -0.39 is 11.6 Å². The van der Waals surface area contributed by atoms with Crippen molar-refractivity contribution in [2.45, 2.75) is 81.9 Å². The molecule has 2 amide bonds. The summed E-state index contributed by atoms with van der Waals surface area (Å²) in [5.41, 5.74) is -0.431. The van der Waals surface area contributed by atoms with Crippen LogP contribution >= 0.6 is 0 Å². The average molecular weight is 446 g/mol. The van der Waals surface area contributed by atoms with E-state index in [0.29, 0.717) is 18.3 Å². The minimum Gasteiger partial charge on any atom is -0.478 e. The molecule has 2 saturated carbocycles. The molecule has 32 heavy (non-hydrogen) atoms. The lowest BCUT2D eigenvalue weighted by molar-refractivity contribution is -0.187. The molecule has 1 spiro atoms. The van der Waals surface area contributed by atoms with E-state index in [1.807, 2.05) is 0 Å². The maximum Gasteiger partial charge on any atom is 0.267 e. The standard InChI is InChI=1S/C25H36FN3O3/c1-28(20-8-4-2-5-9-20)17-16-27-22(30)18-29-24(31)23(25(29)14-6-3-7-15-25)32-21-12-10-19(26)11-13-21/h10-13,20,23H,2-9,14-18H2,1H3,(H,27,30). The molecule has 1 N–H and O–H groups in total. The Morgan fingerprint density at radius 2 is 1.78 bits per heavy atom. The molecule has 1 aliphatic heterocycles. The normalized spacial score (nSPS) is 23.3. The number of ether oxygens (including phenoxy) is 1. The van der Waals surface area contributed by atoms with Gasteiger partial charge in [0.2, 0.25) is 5.91 Å². The maximum absolute atomic E-state index is 13.2. The van der Waals surface area contributed by atoms with Crippen LogP contribution in [0.1, 0.15) is 64.2 Å². The second-order valence-electron chi connectivity index (χ2n) is 9.66. The number of carbonyl (C=O) groups excluding carboxylic acids is 2. The van der Waals surface area contributed by atoms with Crippen molar-refractivity contribution < 1.29 is 18.7 Å². The highest BCUT2D eigenvalue weighted by Crippen LogP contribution is 2.45. The molecule has 1 aromatic carbocycles. The molecular formula is C25H36FN3O3. The molecule has 176 valence electrons. The fourth-order valence-corrected chi connectivity index (χ4v) is 5.68. The molecule has 6 nitrogen and oxygen atoms in total. The Labute approximate surface area is 190 Å². The minimum atomic E-state index is -0.599. The zero-order valence-corrected chi connectivity index (χ0v) is 19.2. The van der Waals surface area contributed by atoms with Crippen molar-refractivity contribution in [2.75, 3.05) is 26.7 Å². The second kappa shape index (κ2) is 10.2. The predicted molar refractivity (Wildman–Crippen MR) is 121 cm³/mol. The third kappa shape index (κ3) is 4.92. The minimum absolute atomic E-state index is 0.0786. The quantitative estimate of drug-likeness (QED) is 0.622. The van der Waals surface area contributed by atoms with E-state index >= 15 is 0 Å². The average Bonchev–Trinajstić information content (AvgIpc) is 2.83. The van der Waals surface area contributed by atoms with Crippen molar-refractivity contribution >= 4 is 11.8 Å². The zero-order chi connectivity index (χ0) is 22.6. The highest BCUT2D eigenvalue weighted by Gasteiger charge is 2.62. The second-order valence-corrected chi connectivity index (χ2v) is 9.66. The highest BCUT2D eigenvalue weighted by atomic mass is 19.1. The Balaban J connectivity index is 1.31. The van der Waals surface area contributed by atoms with Gasteiger partial charge in [0, 0.05) is 19.1 Å². The summed E-state index contributed by atoms with van der Waals surface area (Å²) in [7, 11) is 2.13. The third-order valence-electron chi connectivity index (χ3n) is 7.59. The summed E-state index contributed by atoms with van der Waals surface area (Å²) in [4.78, 5) is 29.7. The van der Waals surface area contributed by atoms with E-state index in [-0.39, 0.29) is 24.2 Å². The largest absolute Gasteiger partial charge is 0.478 e. The maximum atomic E-state index is 13.2. The van der Waals surface area contributed by atoms with Crippen LogP contribution in [0.2, 0.25) is 0 Å². The summed E-state index contributed by atoms with van der Waals surface area (Å²) in [6.07, 6.45) is 10.6. The van der Waals surface area contributed by atoms with Crippen LogP contribution in [-0.4, -0.2) is 66.0 Å². The van der Waals surface area contributed by atoms with Gasteiger partial charge in [-0.05, 0) is 57.0 Å². The summed E-state index contributed by atoms with van der Waals surface area (Å²) >= 11 is 0. The first kappa shape index (κ1) is 23.0. The third-order valence-corrected chi connectivity index (χ3v) is 7.59. The summed E-state index contributed by atoms with van der Waals surface area (Å²) in [6, 6.07) is 6.39. The molecule has 1 saturated heterocycles. The number of likely N-dealkylation sites (N-methyl/N-ethyl adjacent to an activating group) is 1. The Bertz CT molecular complexity index is 788. The number of hydrogen-bond donors (Lipinski definition) is 1. The van der Waals surface area contributed by atoms with E-state index in [9.17, 15) is 14.0 Å². The van der Waals surface area contributed by atoms with Gasteiger partial charge in [0.25, 0.3) is 5.91 Å². The number of hydrogen-bond acceptors (Lipinski definition) is 4. The smallest absolute Gasteiger partial charge is 0.267 e. The summed E-state index contributed by atoms with van der Waals surface area (Å²) in [5.74, 6) is -0.104. The van der Waals surface area contributed by atoms with Crippen LogP contribution in [0.4, 0.5) is 4.39 Å². The first-order valence-electron chi connectivity index (χ1n) is 12.2. The number of rotatable bonds is 8. The van der Waals surface area contributed by atoms with Crippen LogP contribution in [0, 0.1) is 5.82 Å². The van der Waals surface area contributed by atoms with Gasteiger partial charge in [-0.25, -0.2) is 4.39 Å². The van der Waals surface area contributed by atoms with E-state index in [4.69, 9.17) is 4.74 Å². The molecule has 4 rings (SSSR count). The number of β-lactam (4-membered cyclic amide) rings is 1. The van der Waals surface area contributed by atoms with Gasteiger partial charge >= 0.3 is 0 Å². The highest BCUT2D eigenvalue weighted by molar-refractivity contribution is 5.94. The Morgan fingerprint density at radius 3 is 2.47 bits per heavy atom. The van der Waals surface area contributed by atoms with Crippen LogP contribution in [0.5, 0.6) is 5.75 Å². The lowest BCUT2D eigenvalue weighted by atomic mass is 9.70. The van der Waals surface area contributed by atoms with E-state index in [0.717, 1.165) is 38.6 Å². The molecule has 1 atom stereocenters. The van der Waals surface area contributed by atoms with Crippen LogP contribution in [0.15, 0.2) is 24.3 Å².